The van der Waals surface area contributed by atoms with Crippen molar-refractivity contribution in [2.75, 3.05) is 19.8 Å². The zero-order valence-electron chi connectivity index (χ0n) is 28.7. The average Bonchev–Trinajstić information content (AvgIpc) is 2.97. The minimum Gasteiger partial charge on any atom is -0.396 e. The highest BCUT2D eigenvalue weighted by atomic mass is 16.3. The number of rotatable bonds is 23. The Bertz CT molecular complexity index is 775. The average molecular weight is 644 g/mol. The second kappa shape index (κ2) is 48.0. The van der Waals surface area contributed by atoms with E-state index in [4.69, 9.17) is 15.9 Å². The van der Waals surface area contributed by atoms with Gasteiger partial charge in [-0.15, -0.1) is 0 Å². The molecule has 45 heavy (non-hydrogen) atoms. The number of aliphatic hydroxyl groups excluding tert-OH is 2. The molecule has 0 aliphatic heterocycles. The molecule has 0 rings (SSSR count). The fourth-order valence-corrected chi connectivity index (χ4v) is 2.88. The molecule has 10 nitrogen and oxygen atoms in total. The normalized spacial score (nSPS) is 9.69. The van der Waals surface area contributed by atoms with Crippen molar-refractivity contribution in [1.82, 2.24) is 0 Å². The quantitative estimate of drug-likeness (QED) is 0.0530. The van der Waals surface area contributed by atoms with Gasteiger partial charge in [0.25, 0.3) is 0 Å². The van der Waals surface area contributed by atoms with Crippen molar-refractivity contribution in [3.8, 4) is 0 Å². The van der Waals surface area contributed by atoms with Crippen LogP contribution < -0.4 is 5.73 Å². The molecule has 0 fully saturated rings. The Kier molecular flexibility index (Phi) is 55.0. The summed E-state index contributed by atoms with van der Waals surface area (Å²) in [6.07, 6.45) is 20.8. The lowest BCUT2D eigenvalue weighted by molar-refractivity contribution is -0.118. The lowest BCUT2D eigenvalue weighted by atomic mass is 10.1. The lowest BCUT2D eigenvalue weighted by Gasteiger charge is -1.93. The van der Waals surface area contributed by atoms with E-state index in [2.05, 4.69) is 0 Å². The van der Waals surface area contributed by atoms with Crippen LogP contribution >= 0.6 is 0 Å². The SMILES string of the molecule is CC(=O)CCC=CC=O.CC(=O)CCC=CCO.CC(=O)CCCCC=O.CC(=O)CCCCCN.CC(=O)CCCCCO.[HH]. The molecule has 10 heteroatoms. The maximum absolute atomic E-state index is 10.4. The second-order valence-electron chi connectivity index (χ2n) is 10.4. The van der Waals surface area contributed by atoms with E-state index in [0.29, 0.717) is 44.8 Å². The van der Waals surface area contributed by atoms with Crippen LogP contribution in [0.15, 0.2) is 24.3 Å². The molecule has 0 saturated carbocycles. The Hall–Kier alpha value is -2.95. The Balaban J connectivity index is -0.000000108. The van der Waals surface area contributed by atoms with E-state index in [0.717, 1.165) is 77.0 Å². The summed E-state index contributed by atoms with van der Waals surface area (Å²) in [4.78, 5) is 71.1. The number of Topliss-reactive ketones (excluding diaryl/α,β-unsaturated/α-hetero) is 5. The van der Waals surface area contributed by atoms with Gasteiger partial charge in [0, 0.05) is 46.6 Å². The first-order valence-electron chi connectivity index (χ1n) is 15.9. The van der Waals surface area contributed by atoms with Gasteiger partial charge in [0.15, 0.2) is 0 Å². The number of allylic oxidation sites excluding steroid dienone is 3. The zero-order chi connectivity index (χ0) is 35.6. The molecule has 4 N–H and O–H groups in total. The Morgan fingerprint density at radius 1 is 0.533 bits per heavy atom. The molecule has 0 aromatic carbocycles. The predicted molar refractivity (Wildman–Crippen MR) is 183 cm³/mol. The third kappa shape index (κ3) is 85.6. The maximum Gasteiger partial charge on any atom is 0.142 e. The molecular formula is C35H65NO9. The smallest absolute Gasteiger partial charge is 0.142 e. The van der Waals surface area contributed by atoms with Gasteiger partial charge < -0.3 is 44.7 Å². The largest absolute Gasteiger partial charge is 0.396 e. The van der Waals surface area contributed by atoms with Gasteiger partial charge in [-0.25, -0.2) is 0 Å². The number of unbranched alkanes of at least 4 members (excludes halogenated alkanes) is 6. The van der Waals surface area contributed by atoms with E-state index in [1.807, 2.05) is 0 Å². The number of hydrogen-bond acceptors (Lipinski definition) is 10. The molecule has 0 saturated heterocycles. The highest BCUT2D eigenvalue weighted by Gasteiger charge is 1.93. The van der Waals surface area contributed by atoms with Crippen molar-refractivity contribution in [2.24, 2.45) is 5.73 Å². The van der Waals surface area contributed by atoms with Gasteiger partial charge >= 0.3 is 0 Å². The van der Waals surface area contributed by atoms with Crippen LogP contribution in [-0.2, 0) is 33.6 Å². The van der Waals surface area contributed by atoms with Gasteiger partial charge in [0.1, 0.15) is 41.5 Å². The summed E-state index contributed by atoms with van der Waals surface area (Å²) >= 11 is 0. The third-order valence-electron chi connectivity index (χ3n) is 5.33. The summed E-state index contributed by atoms with van der Waals surface area (Å²) < 4.78 is 0. The summed E-state index contributed by atoms with van der Waals surface area (Å²) in [6.45, 7) is 8.96. The zero-order valence-corrected chi connectivity index (χ0v) is 28.7. The number of aliphatic hydroxyl groups is 2. The van der Waals surface area contributed by atoms with Crippen LogP contribution in [0.1, 0.15) is 139 Å². The number of nitrogens with two attached hydrogens (primary N) is 1. The van der Waals surface area contributed by atoms with Gasteiger partial charge in [0.05, 0.1) is 6.61 Å². The van der Waals surface area contributed by atoms with Gasteiger partial charge in [-0.05, 0) is 98.6 Å². The summed E-state index contributed by atoms with van der Waals surface area (Å²) in [5, 5.41) is 16.6. The van der Waals surface area contributed by atoms with Crippen molar-refractivity contribution < 1.29 is 45.2 Å². The maximum atomic E-state index is 10.4. The number of hydrogen-bond donors (Lipinski definition) is 3. The van der Waals surface area contributed by atoms with Crippen LogP contribution in [0.25, 0.3) is 0 Å². The topological polar surface area (TPSA) is 186 Å². The molecule has 264 valence electrons. The molecule has 0 heterocycles. The molecule has 0 aliphatic carbocycles. The number of carbonyl (C=O) groups is 7. The highest BCUT2D eigenvalue weighted by Crippen LogP contribution is 1.99. The molecular weight excluding hydrogens is 578 g/mol. The number of aldehydes is 2. The molecule has 0 aromatic heterocycles. The summed E-state index contributed by atoms with van der Waals surface area (Å²) in [7, 11) is 0. The van der Waals surface area contributed by atoms with Crippen LogP contribution in [0, 0.1) is 0 Å². The van der Waals surface area contributed by atoms with E-state index in [1.165, 1.54) is 13.0 Å². The molecule has 0 atom stereocenters. The van der Waals surface area contributed by atoms with Crippen LogP contribution in [0.2, 0.25) is 0 Å². The third-order valence-corrected chi connectivity index (χ3v) is 5.33. The van der Waals surface area contributed by atoms with Crippen molar-refractivity contribution in [3.05, 3.63) is 24.3 Å². The van der Waals surface area contributed by atoms with E-state index < -0.39 is 0 Å². The van der Waals surface area contributed by atoms with E-state index in [9.17, 15) is 33.6 Å². The lowest BCUT2D eigenvalue weighted by Crippen LogP contribution is -1.98. The molecule has 0 aliphatic rings. The van der Waals surface area contributed by atoms with Gasteiger partial charge in [0.2, 0.25) is 0 Å². The predicted octanol–water partition coefficient (Wildman–Crippen LogP) is 5.82. The second-order valence-corrected chi connectivity index (χ2v) is 10.4. The molecule has 0 bridgehead atoms. The Morgan fingerprint density at radius 2 is 0.956 bits per heavy atom. The van der Waals surface area contributed by atoms with Crippen molar-refractivity contribution in [3.63, 3.8) is 0 Å². The molecule has 0 spiro atoms. The summed E-state index contributed by atoms with van der Waals surface area (Å²) in [6, 6.07) is 0. The van der Waals surface area contributed by atoms with Gasteiger partial charge in [-0.2, -0.15) is 0 Å². The summed E-state index contributed by atoms with van der Waals surface area (Å²) in [5.74, 6) is 1.09. The van der Waals surface area contributed by atoms with Gasteiger partial charge in [-0.1, -0.05) is 31.1 Å². The monoisotopic (exact) mass is 643 g/mol. The van der Waals surface area contributed by atoms with Gasteiger partial charge in [-0.3, -0.25) is 4.79 Å². The molecule has 0 aromatic rings. The Labute approximate surface area is 273 Å². The van der Waals surface area contributed by atoms with Crippen molar-refractivity contribution in [1.29, 1.82) is 0 Å². The first-order chi connectivity index (χ1) is 21.4. The van der Waals surface area contributed by atoms with E-state index in [-0.39, 0.29) is 43.6 Å². The molecule has 0 amide bonds. The number of carbonyl (C=O) groups excluding carboxylic acids is 7. The van der Waals surface area contributed by atoms with Crippen LogP contribution in [-0.4, -0.2) is 71.5 Å². The van der Waals surface area contributed by atoms with Crippen LogP contribution in [0.5, 0.6) is 0 Å². The van der Waals surface area contributed by atoms with Crippen molar-refractivity contribution in [2.45, 2.75) is 137 Å². The van der Waals surface area contributed by atoms with E-state index in [1.54, 1.807) is 45.9 Å². The van der Waals surface area contributed by atoms with Crippen molar-refractivity contribution >= 4 is 41.5 Å². The standard InChI is InChI=1S/C7H15NO.C7H14O2.2C7H12O2.C7H10O2.H2/c5*1-7(9)5-3-2-4-6-8;/h2-6,8H2,1H3;8H,2-6H2,1H3;6H,2-5H2,1H3;2,4,8H,3,5-6H2,1H3;2,4,6H,3,5H2,1H3;1H. The van der Waals surface area contributed by atoms with Crippen LogP contribution in [0.3, 0.4) is 0 Å². The fourth-order valence-electron chi connectivity index (χ4n) is 2.88. The minimum atomic E-state index is 0. The van der Waals surface area contributed by atoms with Crippen LogP contribution in [0.4, 0.5) is 0 Å². The first kappa shape index (κ1) is 51.6. The van der Waals surface area contributed by atoms with E-state index >= 15 is 0 Å². The highest BCUT2D eigenvalue weighted by molar-refractivity contribution is 5.76. The molecule has 0 radical (unpaired) electrons. The number of ketones is 5. The minimum absolute atomic E-state index is 0. The summed E-state index contributed by atoms with van der Waals surface area (Å²) in [5.41, 5.74) is 5.26. The Morgan fingerprint density at radius 3 is 1.31 bits per heavy atom. The fraction of sp³-hybridized carbons (Fsp3) is 0.686. The first-order valence-corrected chi connectivity index (χ1v) is 15.9. The molecule has 0 unspecified atom stereocenters.